The smallest absolute Gasteiger partial charge is 0.273 e. The van der Waals surface area contributed by atoms with Gasteiger partial charge in [-0.2, -0.15) is 0 Å². The van der Waals surface area contributed by atoms with E-state index >= 15 is 0 Å². The highest BCUT2D eigenvalue weighted by atomic mass is 32.2. The summed E-state index contributed by atoms with van der Waals surface area (Å²) in [6.07, 6.45) is -2.93. The molecule has 6 nitrogen and oxygen atoms in total. The molecule has 3 atom stereocenters. The Labute approximate surface area is 186 Å². The summed E-state index contributed by atoms with van der Waals surface area (Å²) < 4.78 is 53.0. The molecule has 1 amide bonds. The number of nitrogens with one attached hydrogen (secondary N) is 1. The van der Waals surface area contributed by atoms with E-state index in [4.69, 9.17) is 0 Å². The monoisotopic (exact) mass is 464 g/mol. The Morgan fingerprint density at radius 3 is 2.41 bits per heavy atom. The molecule has 1 unspecified atom stereocenters. The highest BCUT2D eigenvalue weighted by molar-refractivity contribution is 7.88. The summed E-state index contributed by atoms with van der Waals surface area (Å²) >= 11 is 0. The number of carbonyl (C=O) groups excluding carboxylic acids is 1. The highest BCUT2D eigenvalue weighted by Gasteiger charge is 2.61. The normalized spacial score (nSPS) is 23.0. The zero-order chi connectivity index (χ0) is 23.1. The van der Waals surface area contributed by atoms with Crippen LogP contribution in [0, 0.1) is 5.41 Å². The molecule has 2 aliphatic rings. The number of amides is 1. The van der Waals surface area contributed by atoms with Gasteiger partial charge < -0.3 is 10.0 Å². The number of rotatable bonds is 7. The second kappa shape index (κ2) is 8.53. The third kappa shape index (κ3) is 4.69. The summed E-state index contributed by atoms with van der Waals surface area (Å²) in [6.45, 7) is 0.145. The number of aliphatic hydroxyl groups excluding tert-OH is 1. The average Bonchev–Trinajstić information content (AvgIpc) is 3.48. The van der Waals surface area contributed by atoms with Crippen LogP contribution in [0.1, 0.15) is 18.4 Å². The average molecular weight is 465 g/mol. The van der Waals surface area contributed by atoms with Crippen LogP contribution in [0.3, 0.4) is 0 Å². The van der Waals surface area contributed by atoms with Crippen molar-refractivity contribution in [3.63, 3.8) is 0 Å². The van der Waals surface area contributed by atoms with Gasteiger partial charge in [0, 0.05) is 18.0 Å². The quantitative estimate of drug-likeness (QED) is 0.659. The topological polar surface area (TPSA) is 86.7 Å². The molecule has 4 rings (SSSR count). The minimum Gasteiger partial charge on any atom is -0.378 e. The van der Waals surface area contributed by atoms with Crippen LogP contribution < -0.4 is 4.72 Å². The van der Waals surface area contributed by atoms with Crippen LogP contribution in [0.4, 0.5) is 8.78 Å². The number of nitrogens with zero attached hydrogens (tertiary/aromatic N) is 1. The number of carbonyl (C=O) groups is 1. The van der Waals surface area contributed by atoms with Gasteiger partial charge in [-0.05, 0) is 36.0 Å². The first-order valence-electron chi connectivity index (χ1n) is 10.5. The van der Waals surface area contributed by atoms with Crippen molar-refractivity contribution in [2.45, 2.75) is 43.9 Å². The van der Waals surface area contributed by atoms with Crippen LogP contribution in [0.15, 0.2) is 54.6 Å². The maximum absolute atomic E-state index is 13.1. The molecule has 0 aromatic heterocycles. The summed E-state index contributed by atoms with van der Waals surface area (Å²) in [5.41, 5.74) is 2.33. The predicted molar refractivity (Wildman–Crippen MR) is 117 cm³/mol. The van der Waals surface area contributed by atoms with Gasteiger partial charge in [0.25, 0.3) is 12.3 Å². The van der Waals surface area contributed by atoms with Gasteiger partial charge in [0.1, 0.15) is 0 Å². The second-order valence-corrected chi connectivity index (χ2v) is 10.6. The second-order valence-electron chi connectivity index (χ2n) is 8.81. The fraction of sp³-hybridized carbons (Fsp3) is 0.435. The molecule has 0 bridgehead atoms. The molecular weight excluding hydrogens is 438 g/mol. The largest absolute Gasteiger partial charge is 0.378 e. The van der Waals surface area contributed by atoms with Crippen molar-refractivity contribution in [3.05, 3.63) is 60.2 Å². The maximum atomic E-state index is 13.1. The molecule has 2 aromatic carbocycles. The van der Waals surface area contributed by atoms with Crippen molar-refractivity contribution in [1.29, 1.82) is 0 Å². The number of likely N-dealkylation sites (tertiary alicyclic amines) is 1. The van der Waals surface area contributed by atoms with Crippen LogP contribution in [0.25, 0.3) is 11.1 Å². The Balaban J connectivity index is 1.68. The molecule has 9 heteroatoms. The zero-order valence-electron chi connectivity index (χ0n) is 17.6. The van der Waals surface area contributed by atoms with Crippen LogP contribution in [0.2, 0.25) is 0 Å². The number of alkyl halides is 2. The Bertz CT molecular complexity index is 1090. The summed E-state index contributed by atoms with van der Waals surface area (Å²) in [7, 11) is -3.60. The first-order valence-corrected chi connectivity index (χ1v) is 12.4. The fourth-order valence-corrected chi connectivity index (χ4v) is 5.57. The van der Waals surface area contributed by atoms with E-state index in [1.165, 1.54) is 4.90 Å². The van der Waals surface area contributed by atoms with Crippen molar-refractivity contribution in [2.75, 3.05) is 12.8 Å². The van der Waals surface area contributed by atoms with Crippen LogP contribution in [-0.2, 0) is 21.2 Å². The number of hydrogen-bond acceptors (Lipinski definition) is 4. The third-order valence-electron chi connectivity index (χ3n) is 6.42. The molecule has 1 heterocycles. The molecule has 2 aromatic rings. The third-order valence-corrected chi connectivity index (χ3v) is 7.10. The van der Waals surface area contributed by atoms with Gasteiger partial charge >= 0.3 is 0 Å². The van der Waals surface area contributed by atoms with Crippen molar-refractivity contribution in [2.24, 2.45) is 5.41 Å². The summed E-state index contributed by atoms with van der Waals surface area (Å²) in [6, 6.07) is 16.1. The minimum absolute atomic E-state index is 0.145. The number of aliphatic hydroxyl groups is 1. The van der Waals surface area contributed by atoms with Gasteiger partial charge in [-0.1, -0.05) is 54.6 Å². The molecule has 1 saturated carbocycles. The lowest BCUT2D eigenvalue weighted by Gasteiger charge is -2.30. The first-order chi connectivity index (χ1) is 15.1. The van der Waals surface area contributed by atoms with Gasteiger partial charge in [0.05, 0.1) is 12.3 Å². The lowest BCUT2D eigenvalue weighted by molar-refractivity contribution is -0.149. The van der Waals surface area contributed by atoms with Gasteiger partial charge in [-0.3, -0.25) is 4.79 Å². The Morgan fingerprint density at radius 1 is 1.16 bits per heavy atom. The van der Waals surface area contributed by atoms with Crippen molar-refractivity contribution in [1.82, 2.24) is 9.62 Å². The van der Waals surface area contributed by atoms with E-state index in [9.17, 15) is 27.1 Å². The number of benzene rings is 2. The van der Waals surface area contributed by atoms with Crippen LogP contribution >= 0.6 is 0 Å². The summed E-state index contributed by atoms with van der Waals surface area (Å²) in [5.74, 6) is -1.06. The summed E-state index contributed by atoms with van der Waals surface area (Å²) in [4.78, 5) is 14.0. The van der Waals surface area contributed by atoms with Crippen molar-refractivity contribution < 1.29 is 27.1 Å². The molecule has 1 saturated heterocycles. The van der Waals surface area contributed by atoms with Gasteiger partial charge in [0.15, 0.2) is 6.10 Å². The number of halogens is 2. The van der Waals surface area contributed by atoms with E-state index in [1.807, 2.05) is 54.6 Å². The van der Waals surface area contributed by atoms with Gasteiger partial charge in [-0.15, -0.1) is 0 Å². The lowest BCUT2D eigenvalue weighted by atomic mass is 9.91. The van der Waals surface area contributed by atoms with E-state index in [1.54, 1.807) is 0 Å². The predicted octanol–water partition coefficient (Wildman–Crippen LogP) is 2.43. The number of hydrogen-bond donors (Lipinski definition) is 2. The standard InChI is InChI=1S/C23H26F2N2O4S/c1-32(30,31)26-20-18(27(14-23(20)10-11-23)22(29)19(28)21(24)25)13-15-6-5-9-17(12-15)16-7-3-2-4-8-16/h2-9,12,18-21,26,28H,10-11,13-14H2,1H3/t18-,19?,20+/m0/s1. The maximum Gasteiger partial charge on any atom is 0.273 e. The highest BCUT2D eigenvalue weighted by Crippen LogP contribution is 2.55. The Morgan fingerprint density at radius 2 is 1.81 bits per heavy atom. The molecule has 32 heavy (non-hydrogen) atoms. The molecule has 172 valence electrons. The SMILES string of the molecule is CS(=O)(=O)N[C@@H]1[C@H](Cc2cccc(-c3ccccc3)c2)N(C(=O)C(O)C(F)F)CC12CC2. The molecular formula is C23H26F2N2O4S. The van der Waals surface area contributed by atoms with Crippen molar-refractivity contribution in [3.8, 4) is 11.1 Å². The van der Waals surface area contributed by atoms with E-state index < -0.39 is 46.0 Å². The zero-order valence-corrected chi connectivity index (χ0v) is 18.4. The molecule has 2 N–H and O–H groups in total. The fourth-order valence-electron chi connectivity index (χ4n) is 4.70. The summed E-state index contributed by atoms with van der Waals surface area (Å²) in [5, 5.41) is 9.76. The molecule has 1 aliphatic carbocycles. The van der Waals surface area contributed by atoms with E-state index in [0.29, 0.717) is 12.8 Å². The lowest BCUT2D eigenvalue weighted by Crippen LogP contribution is -2.52. The molecule has 1 aliphatic heterocycles. The minimum atomic E-state index is -3.60. The van der Waals surface area contributed by atoms with Gasteiger partial charge in [-0.25, -0.2) is 21.9 Å². The molecule has 1 spiro atoms. The van der Waals surface area contributed by atoms with E-state index in [0.717, 1.165) is 22.9 Å². The molecule has 2 fully saturated rings. The number of sulfonamides is 1. The van der Waals surface area contributed by atoms with Crippen LogP contribution in [0.5, 0.6) is 0 Å². The molecule has 0 radical (unpaired) electrons. The van der Waals surface area contributed by atoms with Crippen molar-refractivity contribution >= 4 is 15.9 Å². The van der Waals surface area contributed by atoms with Crippen LogP contribution in [-0.4, -0.2) is 61.7 Å². The van der Waals surface area contributed by atoms with E-state index in [-0.39, 0.29) is 13.0 Å². The Kier molecular flexibility index (Phi) is 6.08. The first kappa shape index (κ1) is 22.8. The van der Waals surface area contributed by atoms with E-state index in [2.05, 4.69) is 4.72 Å². The van der Waals surface area contributed by atoms with Gasteiger partial charge in [0.2, 0.25) is 10.0 Å². The Hall–Kier alpha value is -2.36.